The van der Waals surface area contributed by atoms with Crippen LogP contribution in [-0.2, 0) is 0 Å². The summed E-state index contributed by atoms with van der Waals surface area (Å²) < 4.78 is 36.9. The molecule has 0 radical (unpaired) electrons. The predicted octanol–water partition coefficient (Wildman–Crippen LogP) is 4.10. The van der Waals surface area contributed by atoms with E-state index in [9.17, 15) is 13.6 Å². The van der Waals surface area contributed by atoms with E-state index in [4.69, 9.17) is 9.47 Å². The van der Waals surface area contributed by atoms with E-state index < -0.39 is 17.7 Å². The van der Waals surface area contributed by atoms with Crippen molar-refractivity contribution >= 4 is 6.09 Å². The Balaban J connectivity index is 1.97. The molecule has 0 saturated carbocycles. The molecule has 7 heteroatoms. The fourth-order valence-corrected chi connectivity index (χ4v) is 2.53. The zero-order chi connectivity index (χ0) is 20.0. The summed E-state index contributed by atoms with van der Waals surface area (Å²) in [5.41, 5.74) is 1.03. The first-order valence-electron chi connectivity index (χ1n) is 8.51. The van der Waals surface area contributed by atoms with E-state index in [0.717, 1.165) is 17.7 Å². The summed E-state index contributed by atoms with van der Waals surface area (Å²) in [6.45, 7) is 0.339. The van der Waals surface area contributed by atoms with Crippen molar-refractivity contribution in [3.8, 4) is 11.5 Å². The smallest absolute Gasteiger partial charge is 0.414 e. The van der Waals surface area contributed by atoms with Crippen LogP contribution in [0.3, 0.4) is 0 Å². The molecule has 2 rings (SSSR count). The molecule has 0 aliphatic heterocycles. The normalized spacial score (nSPS) is 12.0. The summed E-state index contributed by atoms with van der Waals surface area (Å²) in [5, 5.41) is 0. The lowest BCUT2D eigenvalue weighted by Crippen LogP contribution is -2.25. The van der Waals surface area contributed by atoms with Gasteiger partial charge in [-0.1, -0.05) is 12.1 Å². The molecule has 1 unspecified atom stereocenters. The van der Waals surface area contributed by atoms with Gasteiger partial charge in [-0.15, -0.1) is 0 Å². The molecule has 146 valence electrons. The first-order valence-corrected chi connectivity index (χ1v) is 8.51. The summed E-state index contributed by atoms with van der Waals surface area (Å²) in [6.07, 6.45) is 0.204. The predicted molar refractivity (Wildman–Crippen MR) is 99.1 cm³/mol. The van der Waals surface area contributed by atoms with Gasteiger partial charge in [0.15, 0.2) is 11.6 Å². The van der Waals surface area contributed by atoms with Gasteiger partial charge in [-0.2, -0.15) is 0 Å². The van der Waals surface area contributed by atoms with Crippen LogP contribution in [0.4, 0.5) is 13.6 Å². The van der Waals surface area contributed by atoms with Crippen LogP contribution >= 0.6 is 0 Å². The van der Waals surface area contributed by atoms with Crippen LogP contribution < -0.4 is 9.47 Å². The van der Waals surface area contributed by atoms with Crippen LogP contribution in [-0.4, -0.2) is 50.7 Å². The van der Waals surface area contributed by atoms with Gasteiger partial charge in [-0.3, -0.25) is 0 Å². The van der Waals surface area contributed by atoms with E-state index in [0.29, 0.717) is 18.8 Å². The first-order chi connectivity index (χ1) is 12.8. The third kappa shape index (κ3) is 5.92. The molecule has 0 aliphatic carbocycles. The van der Waals surface area contributed by atoms with Crippen molar-refractivity contribution in [3.63, 3.8) is 0 Å². The molecule has 2 aromatic rings. The van der Waals surface area contributed by atoms with Gasteiger partial charge in [-0.05, 0) is 43.9 Å². The molecular formula is C20H24F2N2O3. The van der Waals surface area contributed by atoms with Crippen molar-refractivity contribution in [2.75, 3.05) is 34.8 Å². The second kappa shape index (κ2) is 9.32. The number of ether oxygens (including phenoxy) is 2. The standard InChI is InChI=1S/C20H24F2N2O3/c1-23(2)19(11-12-26-16-9-10-17(21)18(22)13-16)14-5-7-15(8-6-14)27-20(25)24(3)4/h5-10,13,19H,11-12H2,1-4H3. The lowest BCUT2D eigenvalue weighted by Gasteiger charge is -2.25. The van der Waals surface area contributed by atoms with Gasteiger partial charge in [0.25, 0.3) is 0 Å². The first kappa shape index (κ1) is 20.6. The largest absolute Gasteiger partial charge is 0.493 e. The third-order valence-electron chi connectivity index (χ3n) is 4.01. The van der Waals surface area contributed by atoms with Crippen molar-refractivity contribution in [2.24, 2.45) is 0 Å². The molecule has 0 aliphatic rings. The van der Waals surface area contributed by atoms with E-state index in [2.05, 4.69) is 0 Å². The van der Waals surface area contributed by atoms with Gasteiger partial charge in [0.05, 0.1) is 6.61 Å². The summed E-state index contributed by atoms with van der Waals surface area (Å²) in [5.74, 6) is -1.08. The SMILES string of the molecule is CN(C)C(=O)Oc1ccc(C(CCOc2ccc(F)c(F)c2)N(C)C)cc1. The molecular weight excluding hydrogens is 354 g/mol. The zero-order valence-electron chi connectivity index (χ0n) is 15.9. The minimum atomic E-state index is -0.931. The highest BCUT2D eigenvalue weighted by Crippen LogP contribution is 2.25. The van der Waals surface area contributed by atoms with Crippen molar-refractivity contribution in [1.29, 1.82) is 0 Å². The molecule has 0 bridgehead atoms. The van der Waals surface area contributed by atoms with E-state index >= 15 is 0 Å². The van der Waals surface area contributed by atoms with Crippen LogP contribution in [0.5, 0.6) is 11.5 Å². The Labute approximate surface area is 158 Å². The molecule has 27 heavy (non-hydrogen) atoms. The topological polar surface area (TPSA) is 42.0 Å². The maximum absolute atomic E-state index is 13.2. The van der Waals surface area contributed by atoms with E-state index in [1.807, 2.05) is 31.1 Å². The van der Waals surface area contributed by atoms with Crippen LogP contribution in [0.25, 0.3) is 0 Å². The van der Waals surface area contributed by atoms with Gasteiger partial charge in [0, 0.05) is 32.6 Å². The average molecular weight is 378 g/mol. The van der Waals surface area contributed by atoms with Crippen LogP contribution in [0.1, 0.15) is 18.0 Å². The fourth-order valence-electron chi connectivity index (χ4n) is 2.53. The number of nitrogens with zero attached hydrogens (tertiary/aromatic N) is 2. The van der Waals surface area contributed by atoms with Crippen molar-refractivity contribution in [3.05, 3.63) is 59.7 Å². The highest BCUT2D eigenvalue weighted by molar-refractivity contribution is 5.69. The average Bonchev–Trinajstić information content (AvgIpc) is 2.62. The minimum Gasteiger partial charge on any atom is -0.493 e. The number of benzene rings is 2. The second-order valence-electron chi connectivity index (χ2n) is 6.52. The Bertz CT molecular complexity index is 764. The number of rotatable bonds is 7. The summed E-state index contributed by atoms with van der Waals surface area (Å²) in [6, 6.07) is 10.8. The minimum absolute atomic E-state index is 0.0499. The maximum atomic E-state index is 13.2. The van der Waals surface area contributed by atoms with Crippen molar-refractivity contribution in [1.82, 2.24) is 9.80 Å². The Kier molecular flexibility index (Phi) is 7.12. The number of hydrogen-bond donors (Lipinski definition) is 0. The number of halogens is 2. The molecule has 0 spiro atoms. The van der Waals surface area contributed by atoms with Crippen LogP contribution in [0.15, 0.2) is 42.5 Å². The molecule has 1 amide bonds. The van der Waals surface area contributed by atoms with Crippen molar-refractivity contribution in [2.45, 2.75) is 12.5 Å². The quantitative estimate of drug-likeness (QED) is 0.728. The molecule has 0 saturated heterocycles. The lowest BCUT2D eigenvalue weighted by atomic mass is 10.0. The molecule has 0 aromatic heterocycles. The van der Waals surface area contributed by atoms with E-state index in [1.54, 1.807) is 26.2 Å². The highest BCUT2D eigenvalue weighted by atomic mass is 19.2. The van der Waals surface area contributed by atoms with E-state index in [-0.39, 0.29) is 11.8 Å². The molecule has 0 N–H and O–H groups in total. The monoisotopic (exact) mass is 378 g/mol. The number of carbonyl (C=O) groups excluding carboxylic acids is 1. The molecule has 5 nitrogen and oxygen atoms in total. The van der Waals surface area contributed by atoms with Gasteiger partial charge in [0.1, 0.15) is 11.5 Å². The molecule has 2 aromatic carbocycles. The van der Waals surface area contributed by atoms with Crippen LogP contribution in [0, 0.1) is 11.6 Å². The Hall–Kier alpha value is -2.67. The Morgan fingerprint density at radius 1 is 0.963 bits per heavy atom. The zero-order valence-corrected chi connectivity index (χ0v) is 15.9. The maximum Gasteiger partial charge on any atom is 0.414 e. The number of amides is 1. The Morgan fingerprint density at radius 2 is 1.59 bits per heavy atom. The van der Waals surface area contributed by atoms with E-state index in [1.165, 1.54) is 11.0 Å². The second-order valence-corrected chi connectivity index (χ2v) is 6.52. The highest BCUT2D eigenvalue weighted by Gasteiger charge is 2.15. The van der Waals surface area contributed by atoms with Crippen molar-refractivity contribution < 1.29 is 23.0 Å². The number of carbonyl (C=O) groups is 1. The van der Waals surface area contributed by atoms with Gasteiger partial charge in [0.2, 0.25) is 0 Å². The molecule has 1 atom stereocenters. The molecule has 0 heterocycles. The van der Waals surface area contributed by atoms with Gasteiger partial charge >= 0.3 is 6.09 Å². The van der Waals surface area contributed by atoms with Gasteiger partial charge < -0.3 is 19.3 Å². The summed E-state index contributed by atoms with van der Waals surface area (Å²) in [7, 11) is 7.13. The Morgan fingerprint density at radius 3 is 2.15 bits per heavy atom. The fraction of sp³-hybridized carbons (Fsp3) is 0.350. The molecule has 0 fully saturated rings. The van der Waals surface area contributed by atoms with Gasteiger partial charge in [-0.25, -0.2) is 13.6 Å². The summed E-state index contributed by atoms with van der Waals surface area (Å²) >= 11 is 0. The summed E-state index contributed by atoms with van der Waals surface area (Å²) in [4.78, 5) is 15.0. The lowest BCUT2D eigenvalue weighted by molar-refractivity contribution is 0.172. The number of hydrogen-bond acceptors (Lipinski definition) is 4. The third-order valence-corrected chi connectivity index (χ3v) is 4.01. The van der Waals surface area contributed by atoms with Crippen LogP contribution in [0.2, 0.25) is 0 Å².